The third-order valence-corrected chi connectivity index (χ3v) is 6.10. The Hall–Kier alpha value is -4.05. The van der Waals surface area contributed by atoms with Crippen LogP contribution in [0.25, 0.3) is 16.2 Å². The zero-order valence-electron chi connectivity index (χ0n) is 17.8. The number of benzene rings is 2. The quantitative estimate of drug-likeness (QED) is 0.467. The molecule has 4 aromatic rings. The molecule has 0 radical (unpaired) electrons. The van der Waals surface area contributed by atoms with Gasteiger partial charge in [0, 0.05) is 23.7 Å². The molecule has 0 bridgehead atoms. The highest BCUT2D eigenvalue weighted by Crippen LogP contribution is 2.35. The van der Waals surface area contributed by atoms with Crippen LogP contribution in [0.3, 0.4) is 0 Å². The summed E-state index contributed by atoms with van der Waals surface area (Å²) in [7, 11) is 3.11. The number of carbonyl (C=O) groups is 1. The second kappa shape index (κ2) is 8.47. The van der Waals surface area contributed by atoms with Crippen molar-refractivity contribution in [1.82, 2.24) is 14.7 Å². The molecule has 0 fully saturated rings. The first-order valence-corrected chi connectivity index (χ1v) is 10.9. The summed E-state index contributed by atoms with van der Waals surface area (Å²) in [5.41, 5.74) is 1.51. The molecule has 3 heterocycles. The maximum absolute atomic E-state index is 13.3. The van der Waals surface area contributed by atoms with Crippen molar-refractivity contribution in [3.8, 4) is 34.3 Å². The minimum Gasteiger partial charge on any atom is -0.497 e. The van der Waals surface area contributed by atoms with E-state index >= 15 is 0 Å². The van der Waals surface area contributed by atoms with Crippen LogP contribution in [0.2, 0.25) is 0 Å². The zero-order chi connectivity index (χ0) is 22.9. The Morgan fingerprint density at radius 2 is 2.00 bits per heavy atom. The van der Waals surface area contributed by atoms with Crippen molar-refractivity contribution in [2.45, 2.75) is 6.54 Å². The third kappa shape index (κ3) is 3.74. The lowest BCUT2D eigenvalue weighted by atomic mass is 10.1. The number of aromatic nitrogens is 2. The maximum Gasteiger partial charge on any atom is 0.271 e. The normalized spacial score (nSPS) is 12.1. The van der Waals surface area contributed by atoms with Crippen molar-refractivity contribution < 1.29 is 23.7 Å². The molecule has 2 aromatic carbocycles. The average molecular weight is 465 g/mol. The summed E-state index contributed by atoms with van der Waals surface area (Å²) in [4.78, 5) is 30.9. The van der Waals surface area contributed by atoms with Gasteiger partial charge in [-0.2, -0.15) is 0 Å². The van der Waals surface area contributed by atoms with E-state index in [1.807, 2.05) is 6.07 Å². The van der Waals surface area contributed by atoms with Crippen LogP contribution in [-0.4, -0.2) is 36.3 Å². The fourth-order valence-corrected chi connectivity index (χ4v) is 4.43. The molecule has 1 aliphatic rings. The molecule has 0 unspecified atom stereocenters. The molecule has 0 saturated heterocycles. The van der Waals surface area contributed by atoms with Crippen LogP contribution in [0.1, 0.15) is 15.9 Å². The van der Waals surface area contributed by atoms with Gasteiger partial charge in [-0.25, -0.2) is 4.98 Å². The Kier molecular flexibility index (Phi) is 5.35. The highest BCUT2D eigenvalue weighted by Gasteiger charge is 2.20. The summed E-state index contributed by atoms with van der Waals surface area (Å²) < 4.78 is 22.9. The Labute approximate surface area is 192 Å². The topological polar surface area (TPSA) is 100 Å². The van der Waals surface area contributed by atoms with Gasteiger partial charge in [-0.3, -0.25) is 14.0 Å². The van der Waals surface area contributed by atoms with Gasteiger partial charge in [0.05, 0.1) is 19.9 Å². The van der Waals surface area contributed by atoms with Crippen LogP contribution in [0.15, 0.2) is 52.8 Å². The Balaban J connectivity index is 1.47. The number of rotatable bonds is 6. The van der Waals surface area contributed by atoms with Crippen LogP contribution < -0.4 is 29.8 Å². The molecule has 1 amide bonds. The molecular weight excluding hydrogens is 446 g/mol. The van der Waals surface area contributed by atoms with Crippen LogP contribution in [-0.2, 0) is 6.54 Å². The first kappa shape index (κ1) is 20.8. The standard InChI is InChI=1S/C23H19N3O6S/c1-29-14-4-6-18(30-2)15(8-14)17-11-33-23-25-10-16(22(28)26(17)23)21(27)24-9-13-3-5-19-20(7-13)32-12-31-19/h3-8,10-11H,9,12H2,1-2H3,(H,24,27). The molecule has 0 saturated carbocycles. The van der Waals surface area contributed by atoms with E-state index in [4.69, 9.17) is 18.9 Å². The first-order chi connectivity index (χ1) is 16.1. The van der Waals surface area contributed by atoms with Crippen LogP contribution in [0, 0.1) is 0 Å². The number of nitrogens with zero attached hydrogens (tertiary/aromatic N) is 2. The summed E-state index contributed by atoms with van der Waals surface area (Å²) in [6, 6.07) is 10.7. The van der Waals surface area contributed by atoms with Crippen molar-refractivity contribution in [3.63, 3.8) is 0 Å². The van der Waals surface area contributed by atoms with Gasteiger partial charge >= 0.3 is 0 Å². The highest BCUT2D eigenvalue weighted by atomic mass is 32.1. The van der Waals surface area contributed by atoms with Crippen LogP contribution in [0.5, 0.6) is 23.0 Å². The molecule has 5 rings (SSSR count). The number of thiazole rings is 1. The Bertz CT molecular complexity index is 1430. The van der Waals surface area contributed by atoms with Gasteiger partial charge in [-0.05, 0) is 35.9 Å². The first-order valence-electron chi connectivity index (χ1n) is 9.97. The fourth-order valence-electron chi connectivity index (χ4n) is 3.58. The monoisotopic (exact) mass is 465 g/mol. The van der Waals surface area contributed by atoms with E-state index in [1.165, 1.54) is 21.9 Å². The van der Waals surface area contributed by atoms with Gasteiger partial charge in [-0.15, -0.1) is 11.3 Å². The number of nitrogens with one attached hydrogen (secondary N) is 1. The minimum absolute atomic E-state index is 0.0604. The molecule has 1 aliphatic heterocycles. The molecular formula is C23H19N3O6S. The van der Waals surface area contributed by atoms with Gasteiger partial charge in [0.2, 0.25) is 6.79 Å². The summed E-state index contributed by atoms with van der Waals surface area (Å²) >= 11 is 1.30. The number of fused-ring (bicyclic) bond motifs is 2. The van der Waals surface area contributed by atoms with Gasteiger partial charge in [0.15, 0.2) is 16.5 Å². The van der Waals surface area contributed by atoms with Gasteiger partial charge < -0.3 is 24.3 Å². The summed E-state index contributed by atoms with van der Waals surface area (Å²) in [6.45, 7) is 0.395. The van der Waals surface area contributed by atoms with E-state index in [2.05, 4.69) is 10.3 Å². The number of amides is 1. The van der Waals surface area contributed by atoms with Crippen molar-refractivity contribution in [1.29, 1.82) is 0 Å². The Morgan fingerprint density at radius 1 is 1.15 bits per heavy atom. The maximum atomic E-state index is 13.3. The fraction of sp³-hybridized carbons (Fsp3) is 0.174. The SMILES string of the molecule is COc1ccc(OC)c(-c2csc3ncc(C(=O)NCc4ccc5c(c4)OCO5)c(=O)n23)c1. The molecule has 33 heavy (non-hydrogen) atoms. The van der Waals surface area contributed by atoms with Crippen LogP contribution >= 0.6 is 11.3 Å². The molecule has 0 atom stereocenters. The lowest BCUT2D eigenvalue weighted by molar-refractivity contribution is 0.0949. The smallest absolute Gasteiger partial charge is 0.271 e. The lowest BCUT2D eigenvalue weighted by Crippen LogP contribution is -2.31. The second-order valence-corrected chi connectivity index (χ2v) is 7.99. The van der Waals surface area contributed by atoms with Crippen molar-refractivity contribution in [2.24, 2.45) is 0 Å². The van der Waals surface area contributed by atoms with E-state index in [-0.39, 0.29) is 18.9 Å². The second-order valence-electron chi connectivity index (χ2n) is 7.15. The third-order valence-electron chi connectivity index (χ3n) is 5.26. The molecule has 168 valence electrons. The average Bonchev–Trinajstić information content (AvgIpc) is 3.49. The number of hydrogen-bond acceptors (Lipinski definition) is 8. The summed E-state index contributed by atoms with van der Waals surface area (Å²) in [5, 5.41) is 4.58. The van der Waals surface area contributed by atoms with Crippen molar-refractivity contribution in [3.05, 3.63) is 69.5 Å². The molecule has 2 aromatic heterocycles. The summed E-state index contributed by atoms with van der Waals surface area (Å²) in [6.07, 6.45) is 1.30. The molecule has 0 spiro atoms. The Morgan fingerprint density at radius 3 is 2.82 bits per heavy atom. The van der Waals surface area contributed by atoms with E-state index in [9.17, 15) is 9.59 Å². The zero-order valence-corrected chi connectivity index (χ0v) is 18.6. The molecule has 1 N–H and O–H groups in total. The largest absolute Gasteiger partial charge is 0.497 e. The van der Waals surface area contributed by atoms with Crippen molar-refractivity contribution >= 4 is 22.2 Å². The van der Waals surface area contributed by atoms with E-state index in [1.54, 1.807) is 49.9 Å². The predicted molar refractivity (Wildman–Crippen MR) is 122 cm³/mol. The molecule has 0 aliphatic carbocycles. The van der Waals surface area contributed by atoms with Gasteiger partial charge in [0.25, 0.3) is 11.5 Å². The lowest BCUT2D eigenvalue weighted by Gasteiger charge is -2.11. The number of carbonyl (C=O) groups excluding carboxylic acids is 1. The molecule has 9 nitrogen and oxygen atoms in total. The number of methoxy groups -OCH3 is 2. The van der Waals surface area contributed by atoms with Gasteiger partial charge in [0.1, 0.15) is 17.1 Å². The predicted octanol–water partition coefficient (Wildman–Crippen LogP) is 3.10. The van der Waals surface area contributed by atoms with Gasteiger partial charge in [-0.1, -0.05) is 6.07 Å². The van der Waals surface area contributed by atoms with E-state index in [0.717, 1.165) is 5.56 Å². The van der Waals surface area contributed by atoms with Crippen LogP contribution in [0.4, 0.5) is 0 Å². The summed E-state index contributed by atoms with van der Waals surface area (Å²) in [5.74, 6) is 1.95. The molecule has 10 heteroatoms. The van der Waals surface area contributed by atoms with E-state index < -0.39 is 11.5 Å². The van der Waals surface area contributed by atoms with E-state index in [0.29, 0.717) is 39.2 Å². The number of hydrogen-bond donors (Lipinski definition) is 1. The van der Waals surface area contributed by atoms with Crippen molar-refractivity contribution in [2.75, 3.05) is 21.0 Å². The minimum atomic E-state index is -0.519. The number of ether oxygens (including phenoxy) is 4. The highest BCUT2D eigenvalue weighted by molar-refractivity contribution is 7.15.